The van der Waals surface area contributed by atoms with Gasteiger partial charge >= 0.3 is 12.1 Å². The van der Waals surface area contributed by atoms with E-state index in [1.54, 1.807) is 29.2 Å². The van der Waals surface area contributed by atoms with Crippen LogP contribution in [0.3, 0.4) is 0 Å². The number of carbonyl (C=O) groups excluding carboxylic acids is 1. The van der Waals surface area contributed by atoms with Gasteiger partial charge in [0.05, 0.1) is 18.6 Å². The van der Waals surface area contributed by atoms with E-state index < -0.39 is 17.7 Å². The van der Waals surface area contributed by atoms with Gasteiger partial charge in [-0.2, -0.15) is 13.2 Å². The molecule has 8 nitrogen and oxygen atoms in total. The molecule has 0 aliphatic carbocycles. The van der Waals surface area contributed by atoms with Crippen LogP contribution in [-0.4, -0.2) is 50.7 Å². The number of hydrogen-bond donors (Lipinski definition) is 3. The third-order valence-corrected chi connectivity index (χ3v) is 5.46. The van der Waals surface area contributed by atoms with Crippen LogP contribution in [0.4, 0.5) is 33.5 Å². The largest absolute Gasteiger partial charge is 0.490 e. The van der Waals surface area contributed by atoms with E-state index in [1.807, 2.05) is 13.8 Å². The van der Waals surface area contributed by atoms with Gasteiger partial charge in [-0.25, -0.2) is 18.6 Å². The van der Waals surface area contributed by atoms with E-state index in [1.165, 1.54) is 24.3 Å². The van der Waals surface area contributed by atoms with Crippen LogP contribution in [0.25, 0.3) is 11.3 Å². The number of fused-ring (bicyclic) bond motifs is 1. The van der Waals surface area contributed by atoms with Crippen molar-refractivity contribution in [1.82, 2.24) is 14.5 Å². The fourth-order valence-electron chi connectivity index (χ4n) is 3.89. The van der Waals surface area contributed by atoms with E-state index in [0.717, 1.165) is 5.56 Å². The highest BCUT2D eigenvalue weighted by molar-refractivity contribution is 5.80. The lowest BCUT2D eigenvalue weighted by atomic mass is 10.0. The number of aromatic nitrogens is 2. The smallest absolute Gasteiger partial charge is 0.475 e. The molecule has 1 aliphatic rings. The number of nitrogens with one attached hydrogen (secondary N) is 1. The number of carboxylic acid groups (broad SMARTS) is 1. The first-order valence-corrected chi connectivity index (χ1v) is 10.9. The lowest BCUT2D eigenvalue weighted by Crippen LogP contribution is -2.50. The highest BCUT2D eigenvalue weighted by Gasteiger charge is 2.38. The second-order valence-corrected chi connectivity index (χ2v) is 8.77. The molecule has 0 bridgehead atoms. The molecule has 4 rings (SSSR count). The topological polar surface area (TPSA) is 113 Å². The molecule has 0 atom stereocenters. The quantitative estimate of drug-likeness (QED) is 0.439. The average molecular weight is 525 g/mol. The first-order valence-electron chi connectivity index (χ1n) is 10.9. The van der Waals surface area contributed by atoms with Gasteiger partial charge in [0.1, 0.15) is 29.0 Å². The molecule has 198 valence electrons. The first-order chi connectivity index (χ1) is 17.2. The fourth-order valence-corrected chi connectivity index (χ4v) is 3.89. The third-order valence-electron chi connectivity index (χ3n) is 5.46. The summed E-state index contributed by atoms with van der Waals surface area (Å²) in [7, 11) is 0. The number of halogens is 5. The molecule has 1 amide bonds. The maximum Gasteiger partial charge on any atom is 0.490 e. The molecule has 3 aromatic rings. The van der Waals surface area contributed by atoms with Crippen LogP contribution in [0.1, 0.15) is 19.7 Å². The van der Waals surface area contributed by atoms with Crippen molar-refractivity contribution in [2.75, 3.05) is 18.4 Å². The van der Waals surface area contributed by atoms with Crippen molar-refractivity contribution >= 4 is 23.4 Å². The summed E-state index contributed by atoms with van der Waals surface area (Å²) in [5.41, 5.74) is 7.14. The second-order valence-electron chi connectivity index (χ2n) is 8.77. The Hall–Kier alpha value is -4.00. The number of alkyl halides is 3. The van der Waals surface area contributed by atoms with Crippen molar-refractivity contribution < 1.29 is 36.6 Å². The van der Waals surface area contributed by atoms with Gasteiger partial charge in [0, 0.05) is 17.8 Å². The van der Waals surface area contributed by atoms with Crippen LogP contribution < -0.4 is 11.1 Å². The number of carboxylic acids is 1. The average Bonchev–Trinajstić information content (AvgIpc) is 3.19. The van der Waals surface area contributed by atoms with Gasteiger partial charge in [-0.15, -0.1) is 0 Å². The molecular formula is C24H24F5N5O3. The second kappa shape index (κ2) is 10.5. The monoisotopic (exact) mass is 525 g/mol. The zero-order valence-corrected chi connectivity index (χ0v) is 19.8. The molecule has 4 N–H and O–H groups in total. The Bertz CT molecular complexity index is 1270. The molecular weight excluding hydrogens is 501 g/mol. The number of rotatable bonds is 4. The predicted molar refractivity (Wildman–Crippen MR) is 125 cm³/mol. The summed E-state index contributed by atoms with van der Waals surface area (Å²) in [5.74, 6) is -2.17. The molecule has 0 saturated heterocycles. The highest BCUT2D eigenvalue weighted by atomic mass is 19.4. The van der Waals surface area contributed by atoms with Gasteiger partial charge in [-0.1, -0.05) is 0 Å². The van der Waals surface area contributed by atoms with E-state index in [-0.39, 0.29) is 24.1 Å². The number of nitrogens with two attached hydrogens (primary N) is 1. The Morgan fingerprint density at radius 1 is 1.05 bits per heavy atom. The summed E-state index contributed by atoms with van der Waals surface area (Å²) in [5, 5.41) is 10.5. The molecule has 0 spiro atoms. The molecule has 37 heavy (non-hydrogen) atoms. The van der Waals surface area contributed by atoms with Crippen LogP contribution in [0, 0.1) is 11.6 Å². The molecule has 2 aromatic carbocycles. The summed E-state index contributed by atoms with van der Waals surface area (Å²) in [4.78, 5) is 27.6. The fraction of sp³-hybridized carbons (Fsp3) is 0.292. The number of anilines is 2. The van der Waals surface area contributed by atoms with E-state index in [2.05, 4.69) is 9.88 Å². The number of carbonyl (C=O) groups is 2. The molecule has 1 aromatic heterocycles. The first kappa shape index (κ1) is 27.6. The lowest BCUT2D eigenvalue weighted by molar-refractivity contribution is -0.192. The van der Waals surface area contributed by atoms with Gasteiger partial charge < -0.3 is 25.6 Å². The van der Waals surface area contributed by atoms with Crippen molar-refractivity contribution in [3.05, 3.63) is 66.0 Å². The number of aliphatic carboxylic acids is 1. The normalized spacial score (nSPS) is 14.3. The zero-order valence-electron chi connectivity index (χ0n) is 19.8. The Morgan fingerprint density at radius 2 is 1.57 bits per heavy atom. The number of hydrogen-bond acceptors (Lipinski definition) is 5. The van der Waals surface area contributed by atoms with Gasteiger partial charge in [0.25, 0.3) is 0 Å². The minimum Gasteiger partial charge on any atom is -0.475 e. The van der Waals surface area contributed by atoms with E-state index >= 15 is 0 Å². The summed E-state index contributed by atoms with van der Waals surface area (Å²) in [6.07, 6.45) is -5.08. The molecule has 0 unspecified atom stereocenters. The molecule has 2 heterocycles. The van der Waals surface area contributed by atoms with E-state index in [9.17, 15) is 26.7 Å². The summed E-state index contributed by atoms with van der Waals surface area (Å²) in [6.45, 7) is 4.74. The van der Waals surface area contributed by atoms with Crippen molar-refractivity contribution in [2.24, 2.45) is 5.73 Å². The van der Waals surface area contributed by atoms with Crippen LogP contribution in [0.15, 0.2) is 48.5 Å². The van der Waals surface area contributed by atoms with Crippen LogP contribution >= 0.6 is 0 Å². The lowest BCUT2D eigenvalue weighted by Gasteiger charge is -2.40. The van der Waals surface area contributed by atoms with Crippen molar-refractivity contribution in [2.45, 2.75) is 32.1 Å². The minimum atomic E-state index is -5.08. The van der Waals surface area contributed by atoms with Crippen LogP contribution in [-0.2, 0) is 21.7 Å². The molecule has 13 heteroatoms. The Morgan fingerprint density at radius 3 is 2.05 bits per heavy atom. The maximum absolute atomic E-state index is 13.5. The highest BCUT2D eigenvalue weighted by Crippen LogP contribution is 2.38. The molecule has 1 aliphatic heterocycles. The van der Waals surface area contributed by atoms with Gasteiger partial charge in [0.2, 0.25) is 5.91 Å². The van der Waals surface area contributed by atoms with Gasteiger partial charge in [-0.05, 0) is 62.4 Å². The standard InChI is InChI=1S/C22H23F2N5O.C2HF3O2/c1-22(2)13-28(19(30)11-25)12-18-27-20(14-3-5-15(23)6-4-14)21(29(18)22)26-17-9-7-16(24)8-10-17;3-2(4,5)1(6)7/h3-10,26H,11-13,25H2,1-2H3;(H,6,7). The number of amides is 1. The third kappa shape index (κ3) is 6.42. The Balaban J connectivity index is 0.000000479. The Kier molecular flexibility index (Phi) is 7.86. The Labute approximate surface area is 208 Å². The molecule has 0 saturated carbocycles. The zero-order chi connectivity index (χ0) is 27.5. The van der Waals surface area contributed by atoms with Crippen molar-refractivity contribution in [3.63, 3.8) is 0 Å². The van der Waals surface area contributed by atoms with Crippen molar-refractivity contribution in [3.8, 4) is 11.3 Å². The summed E-state index contributed by atoms with van der Waals surface area (Å²) < 4.78 is 60.6. The number of nitrogens with zero attached hydrogens (tertiary/aromatic N) is 3. The summed E-state index contributed by atoms with van der Waals surface area (Å²) >= 11 is 0. The van der Waals surface area contributed by atoms with E-state index in [0.29, 0.717) is 36.1 Å². The van der Waals surface area contributed by atoms with Crippen LogP contribution in [0.2, 0.25) is 0 Å². The van der Waals surface area contributed by atoms with Gasteiger partial charge in [0.15, 0.2) is 0 Å². The summed E-state index contributed by atoms with van der Waals surface area (Å²) in [6, 6.07) is 12.1. The van der Waals surface area contributed by atoms with Crippen molar-refractivity contribution in [1.29, 1.82) is 0 Å². The molecule has 0 radical (unpaired) electrons. The van der Waals surface area contributed by atoms with E-state index in [4.69, 9.17) is 20.6 Å². The predicted octanol–water partition coefficient (Wildman–Crippen LogP) is 4.24. The number of imidazole rings is 1. The van der Waals surface area contributed by atoms with Crippen LogP contribution in [0.5, 0.6) is 0 Å². The number of benzene rings is 2. The SMILES string of the molecule is CC1(C)CN(C(=O)CN)Cc2nc(-c3ccc(F)cc3)c(Nc3ccc(F)cc3)n21.O=C(O)C(F)(F)F. The minimum absolute atomic E-state index is 0.0672. The maximum atomic E-state index is 13.5. The molecule has 0 fully saturated rings. The van der Waals surface area contributed by atoms with Gasteiger partial charge in [-0.3, -0.25) is 4.79 Å².